The fourth-order valence-electron chi connectivity index (χ4n) is 1.74. The number of aliphatic imine (C=N–C) groups is 1. The first-order chi connectivity index (χ1) is 10.7. The van der Waals surface area contributed by atoms with Crippen molar-refractivity contribution in [1.29, 1.82) is 0 Å². The molecule has 1 aromatic heterocycles. The molecule has 1 heterocycles. The number of amides is 1. The van der Waals surface area contributed by atoms with Gasteiger partial charge in [-0.3, -0.25) is 9.79 Å². The minimum Gasteiger partial charge on any atom is -0.467 e. The Labute approximate surface area is 137 Å². The molecule has 0 aliphatic rings. The molecule has 3 N–H and O–H groups in total. The van der Waals surface area contributed by atoms with E-state index in [1.54, 1.807) is 13.3 Å². The second-order valence-electron chi connectivity index (χ2n) is 4.42. The van der Waals surface area contributed by atoms with Gasteiger partial charge in [0.05, 0.1) is 19.4 Å². The summed E-state index contributed by atoms with van der Waals surface area (Å²) in [5, 5.41) is 8.80. The number of benzene rings is 1. The number of guanidine groups is 1. The first-order valence-corrected chi connectivity index (χ1v) is 7.49. The van der Waals surface area contributed by atoms with E-state index in [-0.39, 0.29) is 12.5 Å². The average Bonchev–Trinajstić information content (AvgIpc) is 3.01. The van der Waals surface area contributed by atoms with Gasteiger partial charge in [0.25, 0.3) is 0 Å². The Morgan fingerprint density at radius 1 is 1.27 bits per heavy atom. The Morgan fingerprint density at radius 3 is 2.82 bits per heavy atom. The average molecular weight is 365 g/mol. The maximum Gasteiger partial charge on any atom is 0.243 e. The van der Waals surface area contributed by atoms with Crippen LogP contribution in [0.15, 0.2) is 56.5 Å². The van der Waals surface area contributed by atoms with E-state index >= 15 is 0 Å². The molecule has 1 amide bonds. The van der Waals surface area contributed by atoms with Gasteiger partial charge in [0.1, 0.15) is 5.76 Å². The fourth-order valence-corrected chi connectivity index (χ4v) is 2.14. The molecule has 0 spiro atoms. The second kappa shape index (κ2) is 8.23. The summed E-state index contributed by atoms with van der Waals surface area (Å²) in [5.41, 5.74) is 0.736. The van der Waals surface area contributed by atoms with Crippen LogP contribution < -0.4 is 16.0 Å². The molecule has 0 fully saturated rings. The lowest BCUT2D eigenvalue weighted by molar-refractivity contribution is -0.115. The molecule has 22 heavy (non-hydrogen) atoms. The van der Waals surface area contributed by atoms with Gasteiger partial charge in [-0.1, -0.05) is 22.0 Å². The number of carbonyl (C=O) groups is 1. The number of hydrogen-bond donors (Lipinski definition) is 3. The molecule has 116 valence electrons. The number of hydrogen-bond acceptors (Lipinski definition) is 3. The number of halogens is 1. The van der Waals surface area contributed by atoms with E-state index in [2.05, 4.69) is 36.9 Å². The molecule has 0 bridgehead atoms. The van der Waals surface area contributed by atoms with E-state index in [0.29, 0.717) is 12.5 Å². The normalized spacial score (nSPS) is 11.1. The summed E-state index contributed by atoms with van der Waals surface area (Å²) in [4.78, 5) is 15.9. The van der Waals surface area contributed by atoms with Crippen LogP contribution in [0.5, 0.6) is 0 Å². The molecular formula is C15H17BrN4O2. The molecule has 0 aliphatic carbocycles. The van der Waals surface area contributed by atoms with E-state index in [0.717, 1.165) is 15.9 Å². The van der Waals surface area contributed by atoms with Gasteiger partial charge in [-0.05, 0) is 30.3 Å². The van der Waals surface area contributed by atoms with Crippen LogP contribution in [0.2, 0.25) is 0 Å². The molecule has 0 unspecified atom stereocenters. The van der Waals surface area contributed by atoms with Gasteiger partial charge in [0, 0.05) is 17.2 Å². The first kappa shape index (κ1) is 16.1. The zero-order chi connectivity index (χ0) is 15.8. The molecule has 0 atom stereocenters. The van der Waals surface area contributed by atoms with Crippen molar-refractivity contribution in [2.45, 2.75) is 6.54 Å². The lowest BCUT2D eigenvalue weighted by Gasteiger charge is -2.11. The monoisotopic (exact) mass is 364 g/mol. The lowest BCUT2D eigenvalue weighted by Crippen LogP contribution is -2.41. The van der Waals surface area contributed by atoms with Crippen molar-refractivity contribution in [3.63, 3.8) is 0 Å². The number of anilines is 1. The minimum absolute atomic E-state index is 0.115. The quantitative estimate of drug-likeness (QED) is 0.562. The van der Waals surface area contributed by atoms with Crippen LogP contribution in [0, 0.1) is 0 Å². The summed E-state index contributed by atoms with van der Waals surface area (Å²) >= 11 is 3.36. The van der Waals surface area contributed by atoms with Crippen LogP contribution in [0.3, 0.4) is 0 Å². The largest absolute Gasteiger partial charge is 0.467 e. The highest BCUT2D eigenvalue weighted by Gasteiger charge is 2.05. The van der Waals surface area contributed by atoms with E-state index in [1.165, 1.54) is 0 Å². The van der Waals surface area contributed by atoms with Crippen molar-refractivity contribution in [3.8, 4) is 0 Å². The Kier molecular flexibility index (Phi) is 6.02. The van der Waals surface area contributed by atoms with Gasteiger partial charge >= 0.3 is 0 Å². The van der Waals surface area contributed by atoms with Gasteiger partial charge in [0.2, 0.25) is 5.91 Å². The van der Waals surface area contributed by atoms with Gasteiger partial charge in [0.15, 0.2) is 5.96 Å². The second-order valence-corrected chi connectivity index (χ2v) is 5.33. The zero-order valence-electron chi connectivity index (χ0n) is 12.1. The number of nitrogens with one attached hydrogen (secondary N) is 3. The van der Waals surface area contributed by atoms with Crippen LogP contribution in [0.25, 0.3) is 0 Å². The number of rotatable bonds is 5. The van der Waals surface area contributed by atoms with Gasteiger partial charge in [-0.2, -0.15) is 0 Å². The number of furan rings is 1. The molecule has 6 nitrogen and oxygen atoms in total. The van der Waals surface area contributed by atoms with E-state index in [9.17, 15) is 4.79 Å². The van der Waals surface area contributed by atoms with E-state index in [4.69, 9.17) is 4.42 Å². The molecule has 0 radical (unpaired) electrons. The van der Waals surface area contributed by atoms with Gasteiger partial charge < -0.3 is 20.4 Å². The minimum atomic E-state index is -0.154. The molecular weight excluding hydrogens is 348 g/mol. The topological polar surface area (TPSA) is 78.7 Å². The van der Waals surface area contributed by atoms with Crippen LogP contribution >= 0.6 is 15.9 Å². The van der Waals surface area contributed by atoms with Crippen molar-refractivity contribution < 1.29 is 9.21 Å². The predicted molar refractivity (Wildman–Crippen MR) is 89.7 cm³/mol. The lowest BCUT2D eigenvalue weighted by atomic mass is 10.3. The van der Waals surface area contributed by atoms with Crippen LogP contribution in [0.4, 0.5) is 5.69 Å². The first-order valence-electron chi connectivity index (χ1n) is 6.69. The summed E-state index contributed by atoms with van der Waals surface area (Å²) < 4.78 is 6.13. The van der Waals surface area contributed by atoms with E-state index < -0.39 is 0 Å². The zero-order valence-corrected chi connectivity index (χ0v) is 13.7. The molecule has 7 heteroatoms. The predicted octanol–water partition coefficient (Wildman–Crippen LogP) is 2.35. The Balaban J connectivity index is 1.76. The summed E-state index contributed by atoms with van der Waals surface area (Å²) in [6.45, 7) is 0.615. The van der Waals surface area contributed by atoms with Crippen LogP contribution in [0.1, 0.15) is 5.76 Å². The van der Waals surface area contributed by atoms with Crippen molar-refractivity contribution in [2.24, 2.45) is 4.99 Å². The molecule has 1 aromatic carbocycles. The van der Waals surface area contributed by atoms with Crippen LogP contribution in [-0.2, 0) is 11.3 Å². The van der Waals surface area contributed by atoms with Crippen molar-refractivity contribution in [2.75, 3.05) is 18.9 Å². The smallest absolute Gasteiger partial charge is 0.243 e. The standard InChI is InChI=1S/C15H17BrN4O2/c1-17-15(18-9-13-6-3-7-22-13)19-10-14(21)20-12-5-2-4-11(16)8-12/h2-8H,9-10H2,1H3,(H,20,21)(H2,17,18,19). The van der Waals surface area contributed by atoms with Crippen LogP contribution in [-0.4, -0.2) is 25.5 Å². The van der Waals surface area contributed by atoms with Gasteiger partial charge in [-0.25, -0.2) is 0 Å². The maximum atomic E-state index is 11.9. The van der Waals surface area contributed by atoms with E-state index in [1.807, 2.05) is 36.4 Å². The van der Waals surface area contributed by atoms with Gasteiger partial charge in [-0.15, -0.1) is 0 Å². The molecule has 0 saturated carbocycles. The van der Waals surface area contributed by atoms with Crippen molar-refractivity contribution in [1.82, 2.24) is 10.6 Å². The highest BCUT2D eigenvalue weighted by Crippen LogP contribution is 2.15. The molecule has 0 saturated heterocycles. The highest BCUT2D eigenvalue weighted by atomic mass is 79.9. The third kappa shape index (κ3) is 5.25. The third-order valence-corrected chi connectivity index (χ3v) is 3.25. The van der Waals surface area contributed by atoms with Crippen molar-refractivity contribution >= 4 is 33.5 Å². The summed E-state index contributed by atoms with van der Waals surface area (Å²) in [7, 11) is 1.64. The summed E-state index contributed by atoms with van der Waals surface area (Å²) in [6, 6.07) is 11.1. The number of carbonyl (C=O) groups excluding carboxylic acids is 1. The molecule has 2 aromatic rings. The molecule has 0 aliphatic heterocycles. The Morgan fingerprint density at radius 2 is 2.14 bits per heavy atom. The highest BCUT2D eigenvalue weighted by molar-refractivity contribution is 9.10. The Bertz CT molecular complexity index is 641. The summed E-state index contributed by atoms with van der Waals surface area (Å²) in [6.07, 6.45) is 1.61. The Hall–Kier alpha value is -2.28. The SMILES string of the molecule is CN=C(NCC(=O)Nc1cccc(Br)c1)NCc1ccco1. The fraction of sp³-hybridized carbons (Fsp3) is 0.200. The maximum absolute atomic E-state index is 11.9. The summed E-state index contributed by atoms with van der Waals surface area (Å²) in [5.74, 6) is 1.17. The third-order valence-electron chi connectivity index (χ3n) is 2.76. The van der Waals surface area contributed by atoms with Crippen molar-refractivity contribution in [3.05, 3.63) is 52.9 Å². The number of nitrogens with zero attached hydrogens (tertiary/aromatic N) is 1. The molecule has 2 rings (SSSR count).